The Kier molecular flexibility index (Phi) is 11.6. The van der Waals surface area contributed by atoms with E-state index in [0.717, 1.165) is 69.0 Å². The summed E-state index contributed by atoms with van der Waals surface area (Å²) in [4.78, 5) is 15.2. The van der Waals surface area contributed by atoms with Gasteiger partial charge in [-0.1, -0.05) is 17.7 Å². The van der Waals surface area contributed by atoms with Gasteiger partial charge in [0.1, 0.15) is 5.75 Å². The fraction of sp³-hybridized carbons (Fsp3) is 0.536. The van der Waals surface area contributed by atoms with E-state index in [9.17, 15) is 4.79 Å². The summed E-state index contributed by atoms with van der Waals surface area (Å²) in [6, 6.07) is 9.01. The highest BCUT2D eigenvalue weighted by atomic mass is 35.5. The summed E-state index contributed by atoms with van der Waals surface area (Å²) in [5, 5.41) is 3.39. The third kappa shape index (κ3) is 8.69. The number of unbranched alkanes of at least 4 members (excludes halogenated alkanes) is 2. The standard InChI is InChI=1S/C28H40ClN3O5/c1-34-25-8-7-21(15-27(25)36-3)19-37-14-6-4-5-11-32-12-9-20(10-13-32)18-31-28(33)22-16-23(29)24(30)17-26(22)35-2/h7-8,15-17,20H,4-6,9-14,18-19,30H2,1-3H3,(H,31,33). The molecule has 1 aliphatic rings. The van der Waals surface area contributed by atoms with Crippen molar-refractivity contribution in [1.82, 2.24) is 10.2 Å². The quantitative estimate of drug-likeness (QED) is 0.266. The maximum Gasteiger partial charge on any atom is 0.255 e. The molecule has 2 aromatic carbocycles. The van der Waals surface area contributed by atoms with Gasteiger partial charge in [0.05, 0.1) is 44.2 Å². The zero-order valence-corrected chi connectivity index (χ0v) is 22.9. The van der Waals surface area contributed by atoms with Crippen molar-refractivity contribution in [1.29, 1.82) is 0 Å². The van der Waals surface area contributed by atoms with Crippen LogP contribution in [0, 0.1) is 5.92 Å². The van der Waals surface area contributed by atoms with E-state index in [1.807, 2.05) is 18.2 Å². The smallest absolute Gasteiger partial charge is 0.255 e. The van der Waals surface area contributed by atoms with Crippen molar-refractivity contribution < 1.29 is 23.7 Å². The van der Waals surface area contributed by atoms with Gasteiger partial charge in [0, 0.05) is 19.2 Å². The van der Waals surface area contributed by atoms with Crippen molar-refractivity contribution in [2.45, 2.75) is 38.7 Å². The Balaban J connectivity index is 1.26. The number of carbonyl (C=O) groups is 1. The minimum Gasteiger partial charge on any atom is -0.496 e. The second-order valence-electron chi connectivity index (χ2n) is 9.37. The number of halogens is 1. The Labute approximate surface area is 225 Å². The molecule has 1 saturated heterocycles. The SMILES string of the molecule is COc1ccc(COCCCCCN2CCC(CNC(=O)c3cc(Cl)c(N)cc3OC)CC2)cc1OC. The molecule has 2 aromatic rings. The number of carbonyl (C=O) groups excluding carboxylic acids is 1. The van der Waals surface area contributed by atoms with E-state index in [-0.39, 0.29) is 5.91 Å². The monoisotopic (exact) mass is 533 g/mol. The fourth-order valence-corrected chi connectivity index (χ4v) is 4.70. The van der Waals surface area contributed by atoms with Crippen LogP contribution in [0.3, 0.4) is 0 Å². The van der Waals surface area contributed by atoms with E-state index in [1.165, 1.54) is 13.5 Å². The van der Waals surface area contributed by atoms with Gasteiger partial charge < -0.3 is 34.9 Å². The molecule has 0 spiro atoms. The first-order valence-electron chi connectivity index (χ1n) is 12.9. The van der Waals surface area contributed by atoms with Crippen molar-refractivity contribution in [3.05, 3.63) is 46.5 Å². The summed E-state index contributed by atoms with van der Waals surface area (Å²) in [7, 11) is 4.79. The number of nitrogens with zero attached hydrogens (tertiary/aromatic N) is 1. The first kappa shape index (κ1) is 28.9. The minimum atomic E-state index is -0.186. The number of hydrogen-bond donors (Lipinski definition) is 2. The summed E-state index contributed by atoms with van der Waals surface area (Å²) < 4.78 is 21.7. The van der Waals surface area contributed by atoms with E-state index in [0.29, 0.717) is 41.1 Å². The Morgan fingerprint density at radius 1 is 1.00 bits per heavy atom. The largest absolute Gasteiger partial charge is 0.496 e. The maximum atomic E-state index is 12.7. The lowest BCUT2D eigenvalue weighted by Crippen LogP contribution is -2.39. The highest BCUT2D eigenvalue weighted by Gasteiger charge is 2.21. The van der Waals surface area contributed by atoms with Crippen LogP contribution in [0.1, 0.15) is 48.0 Å². The van der Waals surface area contributed by atoms with Crippen molar-refractivity contribution in [3.63, 3.8) is 0 Å². The van der Waals surface area contributed by atoms with Crippen LogP contribution < -0.4 is 25.3 Å². The van der Waals surface area contributed by atoms with Gasteiger partial charge in [-0.05, 0) is 81.4 Å². The summed E-state index contributed by atoms with van der Waals surface area (Å²) in [5.74, 6) is 2.17. The Hall–Kier alpha value is -2.68. The number of nitrogens with two attached hydrogens (primary N) is 1. The lowest BCUT2D eigenvalue weighted by Gasteiger charge is -2.32. The predicted octanol–water partition coefficient (Wildman–Crippen LogP) is 4.78. The van der Waals surface area contributed by atoms with E-state index in [2.05, 4.69) is 10.2 Å². The van der Waals surface area contributed by atoms with Gasteiger partial charge in [0.25, 0.3) is 5.91 Å². The normalized spacial score (nSPS) is 14.4. The first-order chi connectivity index (χ1) is 17.9. The third-order valence-corrected chi connectivity index (χ3v) is 7.13. The molecule has 0 atom stereocenters. The summed E-state index contributed by atoms with van der Waals surface area (Å²) in [6.07, 6.45) is 5.52. The maximum absolute atomic E-state index is 12.7. The van der Waals surface area contributed by atoms with E-state index < -0.39 is 0 Å². The number of benzene rings is 2. The molecule has 0 saturated carbocycles. The highest BCUT2D eigenvalue weighted by molar-refractivity contribution is 6.33. The Morgan fingerprint density at radius 3 is 2.43 bits per heavy atom. The van der Waals surface area contributed by atoms with Crippen molar-refractivity contribution in [3.8, 4) is 17.2 Å². The number of anilines is 1. The number of ether oxygens (including phenoxy) is 4. The lowest BCUT2D eigenvalue weighted by atomic mass is 9.96. The average molecular weight is 534 g/mol. The summed E-state index contributed by atoms with van der Waals surface area (Å²) in [6.45, 7) is 5.20. The van der Waals surface area contributed by atoms with Crippen LogP contribution in [0.4, 0.5) is 5.69 Å². The second kappa shape index (κ2) is 14.9. The molecule has 37 heavy (non-hydrogen) atoms. The predicted molar refractivity (Wildman–Crippen MR) is 147 cm³/mol. The van der Waals surface area contributed by atoms with Crippen LogP contribution >= 0.6 is 11.6 Å². The molecule has 0 unspecified atom stereocenters. The Morgan fingerprint density at radius 2 is 1.73 bits per heavy atom. The van der Waals surface area contributed by atoms with Gasteiger partial charge >= 0.3 is 0 Å². The van der Waals surface area contributed by atoms with Gasteiger partial charge in [0.15, 0.2) is 11.5 Å². The molecule has 3 N–H and O–H groups in total. The van der Waals surface area contributed by atoms with Crippen LogP contribution in [0.2, 0.25) is 5.02 Å². The molecule has 9 heteroatoms. The van der Waals surface area contributed by atoms with Gasteiger partial charge in [-0.15, -0.1) is 0 Å². The van der Waals surface area contributed by atoms with Crippen molar-refractivity contribution in [2.75, 3.05) is 59.8 Å². The summed E-state index contributed by atoms with van der Waals surface area (Å²) >= 11 is 6.09. The Bertz CT molecular complexity index is 1010. The minimum absolute atomic E-state index is 0.186. The van der Waals surface area contributed by atoms with E-state index >= 15 is 0 Å². The number of nitrogen functional groups attached to an aromatic ring is 1. The molecule has 0 aliphatic carbocycles. The van der Waals surface area contributed by atoms with Crippen LogP contribution in [0.5, 0.6) is 17.2 Å². The molecular weight excluding hydrogens is 494 g/mol. The third-order valence-electron chi connectivity index (χ3n) is 6.80. The number of methoxy groups -OCH3 is 3. The van der Waals surface area contributed by atoms with Crippen LogP contribution in [0.25, 0.3) is 0 Å². The van der Waals surface area contributed by atoms with Gasteiger partial charge in [0.2, 0.25) is 0 Å². The first-order valence-corrected chi connectivity index (χ1v) is 13.2. The van der Waals surface area contributed by atoms with E-state index in [4.69, 9.17) is 36.3 Å². The topological polar surface area (TPSA) is 95.3 Å². The van der Waals surface area contributed by atoms with Crippen LogP contribution in [0.15, 0.2) is 30.3 Å². The molecule has 1 amide bonds. The molecule has 0 radical (unpaired) electrons. The molecule has 1 heterocycles. The lowest BCUT2D eigenvalue weighted by molar-refractivity contribution is 0.0932. The number of amides is 1. The van der Waals surface area contributed by atoms with E-state index in [1.54, 1.807) is 26.4 Å². The number of piperidine rings is 1. The molecule has 0 aromatic heterocycles. The van der Waals surface area contributed by atoms with Crippen molar-refractivity contribution in [2.24, 2.45) is 5.92 Å². The number of rotatable bonds is 14. The van der Waals surface area contributed by atoms with Crippen LogP contribution in [-0.4, -0.2) is 64.9 Å². The number of likely N-dealkylation sites (tertiary alicyclic amines) is 1. The zero-order chi connectivity index (χ0) is 26.6. The summed E-state index contributed by atoms with van der Waals surface area (Å²) in [5.41, 5.74) is 7.69. The molecule has 1 aliphatic heterocycles. The van der Waals surface area contributed by atoms with Gasteiger partial charge in [-0.2, -0.15) is 0 Å². The van der Waals surface area contributed by atoms with Crippen molar-refractivity contribution >= 4 is 23.2 Å². The molecule has 204 valence electrons. The van der Waals surface area contributed by atoms with Gasteiger partial charge in [-0.25, -0.2) is 0 Å². The second-order valence-corrected chi connectivity index (χ2v) is 9.78. The average Bonchev–Trinajstić information content (AvgIpc) is 2.92. The van der Waals surface area contributed by atoms with Gasteiger partial charge in [-0.3, -0.25) is 4.79 Å². The fourth-order valence-electron chi connectivity index (χ4n) is 4.54. The molecule has 3 rings (SSSR count). The number of nitrogens with one attached hydrogen (secondary N) is 1. The molecule has 8 nitrogen and oxygen atoms in total. The highest BCUT2D eigenvalue weighted by Crippen LogP contribution is 2.29. The molecular formula is C28H40ClN3O5. The molecule has 0 bridgehead atoms. The van der Waals surface area contributed by atoms with Crippen LogP contribution in [-0.2, 0) is 11.3 Å². The number of hydrogen-bond acceptors (Lipinski definition) is 7. The molecule has 1 fully saturated rings. The zero-order valence-electron chi connectivity index (χ0n) is 22.2.